The van der Waals surface area contributed by atoms with Crippen molar-refractivity contribution in [1.82, 2.24) is 9.80 Å². The largest absolute Gasteiger partial charge is 0.347 e. The summed E-state index contributed by atoms with van der Waals surface area (Å²) in [5.74, 6) is 1.35. The van der Waals surface area contributed by atoms with Crippen molar-refractivity contribution in [3.05, 3.63) is 0 Å². The molecule has 1 heterocycles. The predicted octanol–water partition coefficient (Wildman–Crippen LogP) is -0.00400. The van der Waals surface area contributed by atoms with Crippen LogP contribution < -0.4 is 0 Å². The molecule has 0 bridgehead atoms. The van der Waals surface area contributed by atoms with Crippen LogP contribution in [0.3, 0.4) is 0 Å². The highest BCUT2D eigenvalue weighted by atomic mass is 32.2. The topological polar surface area (TPSA) is 40.6 Å². The van der Waals surface area contributed by atoms with Crippen LogP contribution in [-0.2, 0) is 9.59 Å². The van der Waals surface area contributed by atoms with Crippen molar-refractivity contribution >= 4 is 23.6 Å². The molecule has 0 aromatic rings. The van der Waals surface area contributed by atoms with Crippen LogP contribution in [0.25, 0.3) is 0 Å². The number of likely N-dealkylation sites (N-methyl/N-ethyl adjacent to an activating group) is 1. The Morgan fingerprint density at radius 1 is 1.46 bits per heavy atom. The van der Waals surface area contributed by atoms with Crippen LogP contribution in [0.15, 0.2) is 0 Å². The van der Waals surface area contributed by atoms with Gasteiger partial charge in [-0.1, -0.05) is 0 Å². The number of rotatable bonds is 1. The van der Waals surface area contributed by atoms with Crippen molar-refractivity contribution in [3.63, 3.8) is 0 Å². The summed E-state index contributed by atoms with van der Waals surface area (Å²) in [6, 6.07) is -0.252. The van der Waals surface area contributed by atoms with Gasteiger partial charge in [-0.3, -0.25) is 9.59 Å². The molecule has 2 amide bonds. The Hall–Kier alpha value is -0.710. The molecule has 1 unspecified atom stereocenters. The summed E-state index contributed by atoms with van der Waals surface area (Å²) in [7, 11) is 3.42. The fourth-order valence-corrected chi connectivity index (χ4v) is 2.47. The van der Waals surface area contributed by atoms with E-state index in [0.717, 1.165) is 5.75 Å². The lowest BCUT2D eigenvalue weighted by molar-refractivity contribution is -0.140. The Morgan fingerprint density at radius 3 is 2.54 bits per heavy atom. The van der Waals surface area contributed by atoms with Gasteiger partial charge in [0, 0.05) is 26.8 Å². The molecule has 74 valence electrons. The molecule has 5 heteroatoms. The quantitative estimate of drug-likeness (QED) is 0.601. The van der Waals surface area contributed by atoms with E-state index in [4.69, 9.17) is 0 Å². The van der Waals surface area contributed by atoms with Gasteiger partial charge in [0.15, 0.2) is 0 Å². The van der Waals surface area contributed by atoms with Gasteiger partial charge in [0.25, 0.3) is 0 Å². The summed E-state index contributed by atoms with van der Waals surface area (Å²) in [6.07, 6.45) is 0. The number of amides is 2. The minimum Gasteiger partial charge on any atom is -0.347 e. The minimum absolute atomic E-state index is 0.0141. The van der Waals surface area contributed by atoms with Gasteiger partial charge in [0.2, 0.25) is 11.8 Å². The SMILES string of the molecule is CC(=O)N1CSCC1C(=O)N(C)C. The van der Waals surface area contributed by atoms with Gasteiger partial charge in [-0.25, -0.2) is 0 Å². The third kappa shape index (κ3) is 2.15. The Bertz CT molecular complexity index is 230. The third-order valence-electron chi connectivity index (χ3n) is 2.01. The van der Waals surface area contributed by atoms with Crippen molar-refractivity contribution in [2.75, 3.05) is 25.7 Å². The first-order valence-electron chi connectivity index (χ1n) is 4.10. The first kappa shape index (κ1) is 10.4. The van der Waals surface area contributed by atoms with Crippen molar-refractivity contribution in [3.8, 4) is 0 Å². The molecule has 0 spiro atoms. The monoisotopic (exact) mass is 202 g/mol. The lowest BCUT2D eigenvalue weighted by Gasteiger charge is -2.23. The molecular formula is C8H14N2O2S. The average Bonchev–Trinajstić information content (AvgIpc) is 2.50. The van der Waals surface area contributed by atoms with E-state index in [0.29, 0.717) is 5.88 Å². The van der Waals surface area contributed by atoms with Gasteiger partial charge in [0.1, 0.15) is 6.04 Å². The number of hydrogen-bond acceptors (Lipinski definition) is 3. The molecule has 0 N–H and O–H groups in total. The zero-order valence-electron chi connectivity index (χ0n) is 8.11. The summed E-state index contributed by atoms with van der Waals surface area (Å²) in [4.78, 5) is 25.9. The molecule has 13 heavy (non-hydrogen) atoms. The van der Waals surface area contributed by atoms with Crippen LogP contribution in [0, 0.1) is 0 Å². The average molecular weight is 202 g/mol. The number of nitrogens with zero attached hydrogens (tertiary/aromatic N) is 2. The van der Waals surface area contributed by atoms with E-state index >= 15 is 0 Å². The van der Waals surface area contributed by atoms with Gasteiger partial charge in [-0.2, -0.15) is 0 Å². The number of thioether (sulfide) groups is 1. The molecule has 0 aromatic heterocycles. The standard InChI is InChI=1S/C8H14N2O2S/c1-6(11)10-5-13-4-7(10)8(12)9(2)3/h7H,4-5H2,1-3H3. The maximum absolute atomic E-state index is 11.6. The Kier molecular flexibility index (Phi) is 3.19. The molecule has 1 aliphatic rings. The minimum atomic E-state index is -0.252. The van der Waals surface area contributed by atoms with Crippen LogP contribution in [-0.4, -0.2) is 53.4 Å². The number of carbonyl (C=O) groups is 2. The predicted molar refractivity (Wildman–Crippen MR) is 52.3 cm³/mol. The Morgan fingerprint density at radius 2 is 2.08 bits per heavy atom. The fraction of sp³-hybridized carbons (Fsp3) is 0.750. The molecule has 0 radical (unpaired) electrons. The third-order valence-corrected chi connectivity index (χ3v) is 3.02. The molecule has 0 aliphatic carbocycles. The van der Waals surface area contributed by atoms with Crippen LogP contribution in [0.1, 0.15) is 6.92 Å². The second-order valence-corrected chi connectivity index (χ2v) is 4.24. The highest BCUT2D eigenvalue weighted by molar-refractivity contribution is 7.99. The first-order chi connectivity index (χ1) is 6.04. The summed E-state index contributed by atoms with van der Waals surface area (Å²) in [6.45, 7) is 1.50. The maximum Gasteiger partial charge on any atom is 0.245 e. The molecule has 1 aliphatic heterocycles. The zero-order valence-corrected chi connectivity index (χ0v) is 8.93. The molecule has 1 saturated heterocycles. The first-order valence-corrected chi connectivity index (χ1v) is 5.25. The Balaban J connectivity index is 2.68. The molecule has 1 atom stereocenters. The fourth-order valence-electron chi connectivity index (χ4n) is 1.26. The molecule has 0 saturated carbocycles. The summed E-state index contributed by atoms with van der Waals surface area (Å²) >= 11 is 1.62. The normalized spacial score (nSPS) is 21.8. The second-order valence-electron chi connectivity index (χ2n) is 3.24. The lowest BCUT2D eigenvalue weighted by Crippen LogP contribution is -2.45. The summed E-state index contributed by atoms with van der Waals surface area (Å²) in [5.41, 5.74) is 0. The van der Waals surface area contributed by atoms with E-state index < -0.39 is 0 Å². The van der Waals surface area contributed by atoms with Gasteiger partial charge in [-0.05, 0) is 0 Å². The van der Waals surface area contributed by atoms with Crippen LogP contribution >= 0.6 is 11.8 Å². The van der Waals surface area contributed by atoms with Crippen molar-refractivity contribution < 1.29 is 9.59 Å². The smallest absolute Gasteiger partial charge is 0.245 e. The highest BCUT2D eigenvalue weighted by Gasteiger charge is 2.33. The number of hydrogen-bond donors (Lipinski definition) is 0. The van der Waals surface area contributed by atoms with E-state index in [1.165, 1.54) is 11.8 Å². The molecule has 4 nitrogen and oxygen atoms in total. The van der Waals surface area contributed by atoms with E-state index in [1.807, 2.05) is 0 Å². The van der Waals surface area contributed by atoms with E-state index in [-0.39, 0.29) is 17.9 Å². The van der Waals surface area contributed by atoms with Crippen LogP contribution in [0.4, 0.5) is 0 Å². The molecular weight excluding hydrogens is 188 g/mol. The van der Waals surface area contributed by atoms with E-state index in [9.17, 15) is 9.59 Å². The van der Waals surface area contributed by atoms with Crippen molar-refractivity contribution in [2.24, 2.45) is 0 Å². The van der Waals surface area contributed by atoms with Gasteiger partial charge in [0.05, 0.1) is 5.88 Å². The lowest BCUT2D eigenvalue weighted by atomic mass is 10.2. The van der Waals surface area contributed by atoms with Gasteiger partial charge >= 0.3 is 0 Å². The van der Waals surface area contributed by atoms with Crippen LogP contribution in [0.2, 0.25) is 0 Å². The Labute approximate surface area is 82.3 Å². The van der Waals surface area contributed by atoms with Crippen LogP contribution in [0.5, 0.6) is 0 Å². The van der Waals surface area contributed by atoms with E-state index in [1.54, 1.807) is 30.8 Å². The molecule has 1 rings (SSSR count). The molecule has 1 fully saturated rings. The van der Waals surface area contributed by atoms with Crippen molar-refractivity contribution in [1.29, 1.82) is 0 Å². The van der Waals surface area contributed by atoms with Gasteiger partial charge in [-0.15, -0.1) is 11.8 Å². The zero-order chi connectivity index (χ0) is 10.0. The van der Waals surface area contributed by atoms with Gasteiger partial charge < -0.3 is 9.80 Å². The number of carbonyl (C=O) groups excluding carboxylic acids is 2. The molecule has 0 aromatic carbocycles. The summed E-state index contributed by atoms with van der Waals surface area (Å²) in [5, 5.41) is 0. The summed E-state index contributed by atoms with van der Waals surface area (Å²) < 4.78 is 0. The maximum atomic E-state index is 11.6. The second kappa shape index (κ2) is 4.00. The highest BCUT2D eigenvalue weighted by Crippen LogP contribution is 2.21. The van der Waals surface area contributed by atoms with Crippen molar-refractivity contribution in [2.45, 2.75) is 13.0 Å². The van der Waals surface area contributed by atoms with E-state index in [2.05, 4.69) is 0 Å².